The van der Waals surface area contributed by atoms with Gasteiger partial charge in [0.1, 0.15) is 0 Å². The first-order chi connectivity index (χ1) is 9.22. The lowest BCUT2D eigenvalue weighted by Crippen LogP contribution is -2.44. The molecule has 0 spiro atoms. The fourth-order valence-corrected chi connectivity index (χ4v) is 2.59. The molecule has 2 N–H and O–H groups in total. The van der Waals surface area contributed by atoms with Crippen LogP contribution in [-0.4, -0.2) is 32.8 Å². The first kappa shape index (κ1) is 14.0. The topological polar surface area (TPSA) is 42.5 Å². The summed E-state index contributed by atoms with van der Waals surface area (Å²) in [5.41, 5.74) is 1.07. The molecule has 1 fully saturated rings. The molecule has 1 aliphatic heterocycles. The highest BCUT2D eigenvalue weighted by Crippen LogP contribution is 2.29. The molecule has 106 valence electrons. The van der Waals surface area contributed by atoms with Crippen LogP contribution in [-0.2, 0) is 0 Å². The highest BCUT2D eigenvalue weighted by atomic mass is 16.5. The van der Waals surface area contributed by atoms with E-state index in [1.165, 1.54) is 19.3 Å². The van der Waals surface area contributed by atoms with Crippen LogP contribution in [0, 0.1) is 0 Å². The van der Waals surface area contributed by atoms with Crippen molar-refractivity contribution in [3.8, 4) is 11.5 Å². The number of nitrogens with one attached hydrogen (secondary N) is 2. The molecule has 4 heteroatoms. The number of piperidine rings is 1. The highest BCUT2D eigenvalue weighted by molar-refractivity contribution is 5.54. The van der Waals surface area contributed by atoms with Crippen LogP contribution in [0.2, 0.25) is 0 Å². The normalized spacial score (nSPS) is 22.9. The van der Waals surface area contributed by atoms with Crippen LogP contribution in [0.1, 0.15) is 26.2 Å². The van der Waals surface area contributed by atoms with E-state index in [1.54, 1.807) is 14.2 Å². The van der Waals surface area contributed by atoms with E-state index in [1.807, 2.05) is 18.2 Å². The summed E-state index contributed by atoms with van der Waals surface area (Å²) in [5, 5.41) is 7.08. The lowest BCUT2D eigenvalue weighted by atomic mass is 9.99. The maximum absolute atomic E-state index is 5.31. The van der Waals surface area contributed by atoms with Crippen LogP contribution in [0.5, 0.6) is 11.5 Å². The minimum absolute atomic E-state index is 0.553. The van der Waals surface area contributed by atoms with Gasteiger partial charge in [0.25, 0.3) is 0 Å². The fourth-order valence-electron chi connectivity index (χ4n) is 2.59. The van der Waals surface area contributed by atoms with E-state index in [2.05, 4.69) is 17.6 Å². The summed E-state index contributed by atoms with van der Waals surface area (Å²) in [6, 6.07) is 7.11. The Balaban J connectivity index is 1.92. The lowest BCUT2D eigenvalue weighted by Gasteiger charge is -2.29. The molecule has 1 aliphatic rings. The Morgan fingerprint density at radius 1 is 1.21 bits per heavy atom. The molecule has 0 saturated carbocycles. The van der Waals surface area contributed by atoms with E-state index in [0.29, 0.717) is 12.1 Å². The molecule has 0 aliphatic carbocycles. The highest BCUT2D eigenvalue weighted by Gasteiger charge is 2.17. The summed E-state index contributed by atoms with van der Waals surface area (Å²) in [4.78, 5) is 0. The molecule has 0 aromatic heterocycles. The monoisotopic (exact) mass is 264 g/mol. The van der Waals surface area contributed by atoms with Crippen LogP contribution in [0.15, 0.2) is 18.2 Å². The minimum Gasteiger partial charge on any atom is -0.493 e. The third-order valence-electron chi connectivity index (χ3n) is 3.65. The Labute approximate surface area is 115 Å². The van der Waals surface area contributed by atoms with E-state index in [9.17, 15) is 0 Å². The van der Waals surface area contributed by atoms with Crippen LogP contribution in [0.4, 0.5) is 5.69 Å². The van der Waals surface area contributed by atoms with Gasteiger partial charge in [0.2, 0.25) is 0 Å². The Morgan fingerprint density at radius 2 is 2.00 bits per heavy atom. The van der Waals surface area contributed by atoms with Gasteiger partial charge in [0.05, 0.1) is 14.2 Å². The van der Waals surface area contributed by atoms with Crippen molar-refractivity contribution >= 4 is 5.69 Å². The van der Waals surface area contributed by atoms with Crippen molar-refractivity contribution in [2.45, 2.75) is 38.3 Å². The maximum Gasteiger partial charge on any atom is 0.162 e. The van der Waals surface area contributed by atoms with Crippen LogP contribution >= 0.6 is 0 Å². The molecule has 1 saturated heterocycles. The fraction of sp³-hybridized carbons (Fsp3) is 0.600. The van der Waals surface area contributed by atoms with Gasteiger partial charge in [-0.25, -0.2) is 0 Å². The van der Waals surface area contributed by atoms with Gasteiger partial charge in [-0.15, -0.1) is 0 Å². The van der Waals surface area contributed by atoms with E-state index in [-0.39, 0.29) is 0 Å². The Morgan fingerprint density at radius 3 is 2.68 bits per heavy atom. The molecule has 1 heterocycles. The number of methoxy groups -OCH3 is 2. The number of benzene rings is 1. The van der Waals surface area contributed by atoms with Gasteiger partial charge < -0.3 is 20.1 Å². The molecule has 1 aromatic carbocycles. The van der Waals surface area contributed by atoms with Gasteiger partial charge in [-0.3, -0.25) is 0 Å². The molecule has 0 amide bonds. The summed E-state index contributed by atoms with van der Waals surface area (Å²) in [6.07, 6.45) is 3.84. The van der Waals surface area contributed by atoms with Gasteiger partial charge >= 0.3 is 0 Å². The van der Waals surface area contributed by atoms with Crippen molar-refractivity contribution in [2.75, 3.05) is 26.1 Å². The van der Waals surface area contributed by atoms with Crippen molar-refractivity contribution in [2.24, 2.45) is 0 Å². The average Bonchev–Trinajstić information content (AvgIpc) is 2.45. The molecule has 2 rings (SSSR count). The Hall–Kier alpha value is -1.42. The summed E-state index contributed by atoms with van der Waals surface area (Å²) < 4.78 is 10.5. The van der Waals surface area contributed by atoms with Crippen LogP contribution in [0.25, 0.3) is 0 Å². The largest absolute Gasteiger partial charge is 0.493 e. The van der Waals surface area contributed by atoms with Crippen LogP contribution in [0.3, 0.4) is 0 Å². The summed E-state index contributed by atoms with van der Waals surface area (Å²) >= 11 is 0. The van der Waals surface area contributed by atoms with Gasteiger partial charge in [-0.2, -0.15) is 0 Å². The second-order valence-electron chi connectivity index (χ2n) is 5.15. The molecule has 19 heavy (non-hydrogen) atoms. The smallest absolute Gasteiger partial charge is 0.162 e. The zero-order valence-electron chi connectivity index (χ0n) is 12.0. The van der Waals surface area contributed by atoms with E-state index in [0.717, 1.165) is 23.7 Å². The van der Waals surface area contributed by atoms with Gasteiger partial charge in [0.15, 0.2) is 11.5 Å². The summed E-state index contributed by atoms with van der Waals surface area (Å²) in [6.45, 7) is 3.20. The van der Waals surface area contributed by atoms with Crippen molar-refractivity contribution in [1.29, 1.82) is 0 Å². The predicted molar refractivity (Wildman–Crippen MR) is 78.3 cm³/mol. The van der Waals surface area contributed by atoms with Gasteiger partial charge in [-0.1, -0.05) is 6.42 Å². The lowest BCUT2D eigenvalue weighted by molar-refractivity contribution is 0.344. The van der Waals surface area contributed by atoms with Crippen molar-refractivity contribution in [1.82, 2.24) is 5.32 Å². The molecular formula is C15H24N2O2. The zero-order valence-corrected chi connectivity index (χ0v) is 12.0. The molecular weight excluding hydrogens is 240 g/mol. The standard InChI is InChI=1S/C15H24N2O2/c1-11-5-4-6-13(17-11)10-16-12-7-8-14(18-2)15(9-12)19-3/h7-9,11,13,16-17H,4-6,10H2,1-3H3. The van der Waals surface area contributed by atoms with Crippen molar-refractivity contribution in [3.63, 3.8) is 0 Å². The SMILES string of the molecule is COc1ccc(NCC2CCCC(C)N2)cc1OC. The average molecular weight is 264 g/mol. The second-order valence-corrected chi connectivity index (χ2v) is 5.15. The predicted octanol–water partition coefficient (Wildman–Crippen LogP) is 2.65. The number of rotatable bonds is 5. The molecule has 0 radical (unpaired) electrons. The molecule has 1 aromatic rings. The number of ether oxygens (including phenoxy) is 2. The third-order valence-corrected chi connectivity index (χ3v) is 3.65. The van der Waals surface area contributed by atoms with E-state index >= 15 is 0 Å². The van der Waals surface area contributed by atoms with Crippen molar-refractivity contribution < 1.29 is 9.47 Å². The Kier molecular flexibility index (Phi) is 4.91. The number of hydrogen-bond donors (Lipinski definition) is 2. The number of anilines is 1. The molecule has 2 atom stereocenters. The zero-order chi connectivity index (χ0) is 13.7. The van der Waals surface area contributed by atoms with Gasteiger partial charge in [-0.05, 0) is 31.9 Å². The second kappa shape index (κ2) is 6.66. The molecule has 0 bridgehead atoms. The Bertz CT molecular complexity index is 409. The number of hydrogen-bond acceptors (Lipinski definition) is 4. The van der Waals surface area contributed by atoms with Crippen LogP contribution < -0.4 is 20.1 Å². The molecule has 4 nitrogen and oxygen atoms in total. The van der Waals surface area contributed by atoms with E-state index in [4.69, 9.17) is 9.47 Å². The van der Waals surface area contributed by atoms with Gasteiger partial charge in [0, 0.05) is 30.4 Å². The first-order valence-electron chi connectivity index (χ1n) is 6.95. The quantitative estimate of drug-likeness (QED) is 0.858. The maximum atomic E-state index is 5.31. The van der Waals surface area contributed by atoms with Crippen molar-refractivity contribution in [3.05, 3.63) is 18.2 Å². The summed E-state index contributed by atoms with van der Waals surface area (Å²) in [5.74, 6) is 1.52. The van der Waals surface area contributed by atoms with E-state index < -0.39 is 0 Å². The third kappa shape index (κ3) is 3.77. The minimum atomic E-state index is 0.553. The summed E-state index contributed by atoms with van der Waals surface area (Å²) in [7, 11) is 3.31. The first-order valence-corrected chi connectivity index (χ1v) is 6.95. The molecule has 2 unspecified atom stereocenters.